The fourth-order valence-electron chi connectivity index (χ4n) is 2.81. The molecule has 26 heavy (non-hydrogen) atoms. The van der Waals surface area contributed by atoms with Crippen LogP contribution < -0.4 is 10.2 Å². The molecule has 3 rings (SSSR count). The number of amides is 2. The quantitative estimate of drug-likeness (QED) is 0.877. The van der Waals surface area contributed by atoms with Crippen LogP contribution in [0.3, 0.4) is 0 Å². The van der Waals surface area contributed by atoms with Crippen molar-refractivity contribution in [1.82, 2.24) is 0 Å². The number of nitrogens with one attached hydrogen (secondary N) is 1. The number of carbonyl (C=O) groups is 2. The van der Waals surface area contributed by atoms with Crippen LogP contribution in [0.1, 0.15) is 12.0 Å². The molecule has 0 aromatic heterocycles. The number of hydrogen-bond donors (Lipinski definition) is 2. The van der Waals surface area contributed by atoms with Crippen molar-refractivity contribution in [2.75, 3.05) is 16.8 Å². The molecule has 2 amide bonds. The predicted octanol–water partition coefficient (Wildman–Crippen LogP) is 3.40. The first-order chi connectivity index (χ1) is 12.2. The maximum Gasteiger partial charge on any atom is 0.416 e. The number of phenolic OH excluding ortho intramolecular Hbond substituents is 1. The first-order valence-electron chi connectivity index (χ1n) is 7.81. The third-order valence-corrected chi connectivity index (χ3v) is 4.09. The lowest BCUT2D eigenvalue weighted by Gasteiger charge is -2.18. The highest BCUT2D eigenvalue weighted by molar-refractivity contribution is 6.03. The van der Waals surface area contributed by atoms with Crippen LogP contribution in [0.2, 0.25) is 0 Å². The van der Waals surface area contributed by atoms with Crippen molar-refractivity contribution >= 4 is 23.2 Å². The summed E-state index contributed by atoms with van der Waals surface area (Å²) in [6.45, 7) is -0.00913. The number of phenols is 1. The van der Waals surface area contributed by atoms with Crippen LogP contribution in [0, 0.1) is 5.92 Å². The van der Waals surface area contributed by atoms with E-state index in [9.17, 15) is 27.9 Å². The van der Waals surface area contributed by atoms with Crippen LogP contribution in [0.4, 0.5) is 24.5 Å². The van der Waals surface area contributed by atoms with Gasteiger partial charge in [-0.05, 0) is 30.3 Å². The number of alkyl halides is 3. The Labute approximate surface area is 147 Å². The Morgan fingerprint density at radius 1 is 1.15 bits per heavy atom. The lowest BCUT2D eigenvalue weighted by atomic mass is 10.1. The van der Waals surface area contributed by atoms with Gasteiger partial charge in [0.25, 0.3) is 0 Å². The van der Waals surface area contributed by atoms with E-state index in [0.717, 1.165) is 12.1 Å². The summed E-state index contributed by atoms with van der Waals surface area (Å²) >= 11 is 0. The number of carbonyl (C=O) groups excluding carboxylic acids is 2. The first kappa shape index (κ1) is 17.8. The summed E-state index contributed by atoms with van der Waals surface area (Å²) in [5.74, 6) is -1.56. The number of aromatic hydroxyl groups is 1. The molecule has 2 N–H and O–H groups in total. The van der Waals surface area contributed by atoms with E-state index in [2.05, 4.69) is 5.32 Å². The molecule has 1 aliphatic heterocycles. The highest BCUT2D eigenvalue weighted by Gasteiger charge is 2.37. The molecule has 0 bridgehead atoms. The van der Waals surface area contributed by atoms with E-state index in [1.54, 1.807) is 12.1 Å². The SMILES string of the molecule is O=C(Nc1cccc(O)c1)[C@H]1CC(=O)N(c2cccc(C(F)(F)F)c2)C1. The third kappa shape index (κ3) is 3.79. The molecule has 1 heterocycles. The lowest BCUT2D eigenvalue weighted by molar-refractivity contribution is -0.137. The average molecular weight is 364 g/mol. The number of rotatable bonds is 3. The molecule has 1 atom stereocenters. The Kier molecular flexibility index (Phi) is 4.58. The van der Waals surface area contributed by atoms with Crippen molar-refractivity contribution in [2.24, 2.45) is 5.92 Å². The third-order valence-electron chi connectivity index (χ3n) is 4.09. The Balaban J connectivity index is 1.73. The van der Waals surface area contributed by atoms with Crippen LogP contribution >= 0.6 is 0 Å². The lowest BCUT2D eigenvalue weighted by Crippen LogP contribution is -2.28. The van der Waals surface area contributed by atoms with Crippen LogP contribution in [-0.4, -0.2) is 23.5 Å². The Morgan fingerprint density at radius 2 is 1.88 bits per heavy atom. The second kappa shape index (κ2) is 6.70. The number of anilines is 2. The summed E-state index contributed by atoms with van der Waals surface area (Å²) in [6.07, 6.45) is -4.61. The predicted molar refractivity (Wildman–Crippen MR) is 88.6 cm³/mol. The van der Waals surface area contributed by atoms with Gasteiger partial charge in [-0.25, -0.2) is 0 Å². The van der Waals surface area contributed by atoms with Gasteiger partial charge in [-0.15, -0.1) is 0 Å². The zero-order valence-electron chi connectivity index (χ0n) is 13.5. The smallest absolute Gasteiger partial charge is 0.416 e. The number of nitrogens with zero attached hydrogens (tertiary/aromatic N) is 1. The van der Waals surface area contributed by atoms with Gasteiger partial charge in [-0.1, -0.05) is 12.1 Å². The van der Waals surface area contributed by atoms with Gasteiger partial charge in [0.05, 0.1) is 11.5 Å². The van der Waals surface area contributed by atoms with Crippen LogP contribution in [0.5, 0.6) is 5.75 Å². The number of hydrogen-bond acceptors (Lipinski definition) is 3. The second-order valence-electron chi connectivity index (χ2n) is 5.99. The van der Waals surface area contributed by atoms with E-state index in [4.69, 9.17) is 0 Å². The normalized spacial score (nSPS) is 17.4. The van der Waals surface area contributed by atoms with Gasteiger partial charge in [0, 0.05) is 30.4 Å². The van der Waals surface area contributed by atoms with Gasteiger partial charge in [0.2, 0.25) is 11.8 Å². The summed E-state index contributed by atoms with van der Waals surface area (Å²) in [5, 5.41) is 12.0. The molecule has 0 radical (unpaired) electrons. The Morgan fingerprint density at radius 3 is 2.58 bits per heavy atom. The van der Waals surface area contributed by atoms with Crippen LogP contribution in [0.25, 0.3) is 0 Å². The summed E-state index contributed by atoms with van der Waals surface area (Å²) in [4.78, 5) is 25.7. The molecule has 2 aromatic rings. The zero-order chi connectivity index (χ0) is 18.9. The van der Waals surface area contributed by atoms with E-state index in [0.29, 0.717) is 5.69 Å². The number of benzene rings is 2. The molecule has 5 nitrogen and oxygen atoms in total. The maximum atomic E-state index is 12.8. The van der Waals surface area contributed by atoms with Crippen LogP contribution in [-0.2, 0) is 15.8 Å². The molecule has 1 fully saturated rings. The minimum atomic E-state index is -4.51. The fourth-order valence-corrected chi connectivity index (χ4v) is 2.81. The molecular formula is C18H15F3N2O3. The van der Waals surface area contributed by atoms with Crippen molar-refractivity contribution in [1.29, 1.82) is 0 Å². The number of halogens is 3. The summed E-state index contributed by atoms with van der Waals surface area (Å²) < 4.78 is 38.5. The fraction of sp³-hybridized carbons (Fsp3) is 0.222. The highest BCUT2D eigenvalue weighted by Crippen LogP contribution is 2.33. The molecule has 1 aliphatic rings. The van der Waals surface area contributed by atoms with Gasteiger partial charge in [0.15, 0.2) is 0 Å². The second-order valence-corrected chi connectivity index (χ2v) is 5.99. The van der Waals surface area contributed by atoms with Gasteiger partial charge < -0.3 is 15.3 Å². The van der Waals surface area contributed by atoms with Crippen LogP contribution in [0.15, 0.2) is 48.5 Å². The molecular weight excluding hydrogens is 349 g/mol. The average Bonchev–Trinajstić information content (AvgIpc) is 2.96. The molecule has 0 spiro atoms. The molecule has 0 unspecified atom stereocenters. The first-order valence-corrected chi connectivity index (χ1v) is 7.81. The minimum absolute atomic E-state index is 0.00913. The van der Waals surface area contributed by atoms with Gasteiger partial charge in [-0.3, -0.25) is 9.59 Å². The summed E-state index contributed by atoms with van der Waals surface area (Å²) in [5.41, 5.74) is -0.368. The molecule has 8 heteroatoms. The standard InChI is InChI=1S/C18H15F3N2O3/c19-18(20,21)12-3-1-5-14(8-12)23-10-11(7-16(23)25)17(26)22-13-4-2-6-15(24)9-13/h1-6,8-9,11,24H,7,10H2,(H,22,26)/t11-/m0/s1. The minimum Gasteiger partial charge on any atom is -0.508 e. The van der Waals surface area contributed by atoms with Gasteiger partial charge in [-0.2, -0.15) is 13.2 Å². The van der Waals surface area contributed by atoms with E-state index in [1.807, 2.05) is 0 Å². The maximum absolute atomic E-state index is 12.8. The zero-order valence-corrected chi connectivity index (χ0v) is 13.5. The van der Waals surface area contributed by atoms with Crippen molar-refractivity contribution in [3.63, 3.8) is 0 Å². The Bertz CT molecular complexity index is 852. The molecule has 0 aliphatic carbocycles. The van der Waals surface area contributed by atoms with E-state index in [-0.39, 0.29) is 24.4 Å². The van der Waals surface area contributed by atoms with Crippen molar-refractivity contribution in [3.8, 4) is 5.75 Å². The van der Waals surface area contributed by atoms with Crippen molar-refractivity contribution in [3.05, 3.63) is 54.1 Å². The monoisotopic (exact) mass is 364 g/mol. The van der Waals surface area contributed by atoms with Crippen molar-refractivity contribution in [2.45, 2.75) is 12.6 Å². The molecule has 2 aromatic carbocycles. The summed E-state index contributed by atoms with van der Waals surface area (Å²) in [6, 6.07) is 10.4. The van der Waals surface area contributed by atoms with Gasteiger partial charge >= 0.3 is 6.18 Å². The van der Waals surface area contributed by atoms with E-state index >= 15 is 0 Å². The Hall–Kier alpha value is -3.03. The topological polar surface area (TPSA) is 69.6 Å². The molecule has 136 valence electrons. The highest BCUT2D eigenvalue weighted by atomic mass is 19.4. The van der Waals surface area contributed by atoms with E-state index in [1.165, 1.54) is 29.2 Å². The molecule has 1 saturated heterocycles. The molecule has 0 saturated carbocycles. The summed E-state index contributed by atoms with van der Waals surface area (Å²) in [7, 11) is 0. The largest absolute Gasteiger partial charge is 0.508 e. The van der Waals surface area contributed by atoms with E-state index < -0.39 is 29.5 Å². The van der Waals surface area contributed by atoms with Gasteiger partial charge in [0.1, 0.15) is 5.75 Å². The van der Waals surface area contributed by atoms with Crippen molar-refractivity contribution < 1.29 is 27.9 Å².